The molecular weight excluding hydrogens is 477 g/mol. The van der Waals surface area contributed by atoms with Crippen molar-refractivity contribution >= 4 is 32.2 Å². The van der Waals surface area contributed by atoms with Gasteiger partial charge in [0, 0.05) is 26.1 Å². The summed E-state index contributed by atoms with van der Waals surface area (Å²) in [5.41, 5.74) is -0.636. The summed E-state index contributed by atoms with van der Waals surface area (Å²) in [7, 11) is -0.839. The number of nitrogens with one attached hydrogen (secondary N) is 1. The molecule has 0 radical (unpaired) electrons. The quantitative estimate of drug-likeness (QED) is 0.665. The Morgan fingerprint density at radius 2 is 2.00 bits per heavy atom. The first-order valence-electron chi connectivity index (χ1n) is 9.88. The topological polar surface area (TPSA) is 79.0 Å². The Morgan fingerprint density at radius 3 is 2.53 bits per heavy atom. The highest BCUT2D eigenvalue weighted by molar-refractivity contribution is 9.10. The van der Waals surface area contributed by atoms with Crippen LogP contribution in [0.25, 0.3) is 0 Å². The zero-order chi connectivity index (χ0) is 22.5. The van der Waals surface area contributed by atoms with Gasteiger partial charge in [0.2, 0.25) is 0 Å². The minimum atomic E-state index is -3.74. The first-order chi connectivity index (χ1) is 13.8. The molecule has 1 N–H and O–H groups in total. The predicted molar refractivity (Wildman–Crippen MR) is 116 cm³/mol. The van der Waals surface area contributed by atoms with Crippen LogP contribution < -0.4 is 4.72 Å². The Bertz CT molecular complexity index is 928. The maximum absolute atomic E-state index is 14.7. The van der Waals surface area contributed by atoms with Gasteiger partial charge in [-0.3, -0.25) is 0 Å². The van der Waals surface area contributed by atoms with Crippen molar-refractivity contribution in [3.8, 4) is 0 Å². The molecule has 1 aromatic carbocycles. The average molecular weight is 506 g/mol. The molecule has 1 aliphatic carbocycles. The van der Waals surface area contributed by atoms with E-state index in [1.807, 2.05) is 0 Å². The molecule has 10 heteroatoms. The highest BCUT2D eigenvalue weighted by Crippen LogP contribution is 2.55. The second-order valence-corrected chi connectivity index (χ2v) is 12.1. The van der Waals surface area contributed by atoms with Crippen molar-refractivity contribution in [1.82, 2.24) is 13.9 Å². The molecule has 0 bridgehead atoms. The van der Waals surface area contributed by atoms with Crippen molar-refractivity contribution in [2.24, 2.45) is 5.41 Å². The number of ether oxygens (including phenoxy) is 1. The smallest absolute Gasteiger partial charge is 0.410 e. The van der Waals surface area contributed by atoms with E-state index in [0.29, 0.717) is 16.6 Å². The standard InChI is InChI=1S/C20H29BrFN3O4S/c1-19(2,3)29-18(26)25-12-20(9-10-20)17(23-30(27,28)24(4)5)15(25)11-13-7-6-8-14(21)16(13)22/h6-8,15,17,23H,9-12H2,1-5H3/t15-,17+/m0/s1. The molecule has 2 atom stereocenters. The van der Waals surface area contributed by atoms with Crippen LogP contribution in [0.2, 0.25) is 0 Å². The lowest BCUT2D eigenvalue weighted by Gasteiger charge is -2.31. The number of hydrogen-bond donors (Lipinski definition) is 1. The van der Waals surface area contributed by atoms with Gasteiger partial charge >= 0.3 is 6.09 Å². The SMILES string of the molecule is CN(C)S(=O)(=O)N[C@@H]1[C@H](Cc2cccc(Br)c2F)N(C(=O)OC(C)(C)C)CC12CC2. The van der Waals surface area contributed by atoms with E-state index in [1.54, 1.807) is 43.9 Å². The molecule has 0 unspecified atom stereocenters. The molecule has 0 aromatic heterocycles. The van der Waals surface area contributed by atoms with Gasteiger partial charge < -0.3 is 9.64 Å². The molecular formula is C20H29BrFN3O4S. The highest BCUT2D eigenvalue weighted by Gasteiger charge is 2.62. The zero-order valence-electron chi connectivity index (χ0n) is 17.9. The van der Waals surface area contributed by atoms with Crippen molar-refractivity contribution in [2.45, 2.75) is 57.7 Å². The third-order valence-corrected chi connectivity index (χ3v) is 7.79. The van der Waals surface area contributed by atoms with Gasteiger partial charge in [0.15, 0.2) is 0 Å². The number of carbonyl (C=O) groups is 1. The molecule has 168 valence electrons. The van der Waals surface area contributed by atoms with Crippen molar-refractivity contribution in [3.05, 3.63) is 34.1 Å². The maximum atomic E-state index is 14.7. The largest absolute Gasteiger partial charge is 0.444 e. The van der Waals surface area contributed by atoms with Crippen LogP contribution in [0.5, 0.6) is 0 Å². The van der Waals surface area contributed by atoms with E-state index < -0.39 is 39.8 Å². The highest BCUT2D eigenvalue weighted by atomic mass is 79.9. The van der Waals surface area contributed by atoms with Crippen molar-refractivity contribution in [2.75, 3.05) is 20.6 Å². The summed E-state index contributed by atoms with van der Waals surface area (Å²) in [5.74, 6) is -0.410. The lowest BCUT2D eigenvalue weighted by molar-refractivity contribution is 0.0213. The first-order valence-corrected chi connectivity index (χ1v) is 12.1. The number of likely N-dealkylation sites (tertiary alicyclic amines) is 1. The lowest BCUT2D eigenvalue weighted by atomic mass is 9.92. The molecule has 30 heavy (non-hydrogen) atoms. The fourth-order valence-corrected chi connectivity index (χ4v) is 5.27. The number of nitrogens with zero attached hydrogens (tertiary/aromatic N) is 2. The Labute approximate surface area is 186 Å². The summed E-state index contributed by atoms with van der Waals surface area (Å²) in [6.07, 6.45) is 1.25. The van der Waals surface area contributed by atoms with Crippen LogP contribution in [0.1, 0.15) is 39.2 Å². The predicted octanol–water partition coefficient (Wildman–Crippen LogP) is 3.29. The summed E-state index contributed by atoms with van der Waals surface area (Å²) in [6, 6.07) is 3.88. The molecule has 1 aliphatic heterocycles. The van der Waals surface area contributed by atoms with Crippen LogP contribution in [0.3, 0.4) is 0 Å². The number of benzene rings is 1. The molecule has 1 aromatic rings. The summed E-state index contributed by atoms with van der Waals surface area (Å²) >= 11 is 3.20. The summed E-state index contributed by atoms with van der Waals surface area (Å²) in [5, 5.41) is 0. The van der Waals surface area contributed by atoms with Gasteiger partial charge in [-0.2, -0.15) is 17.4 Å². The van der Waals surface area contributed by atoms with Gasteiger partial charge in [-0.15, -0.1) is 0 Å². The fourth-order valence-electron chi connectivity index (χ4n) is 3.92. The van der Waals surface area contributed by atoms with Crippen LogP contribution in [-0.2, 0) is 21.4 Å². The van der Waals surface area contributed by atoms with Gasteiger partial charge in [-0.05, 0) is 67.6 Å². The number of rotatable bonds is 5. The van der Waals surface area contributed by atoms with E-state index >= 15 is 0 Å². The van der Waals surface area contributed by atoms with Crippen LogP contribution in [0.15, 0.2) is 22.7 Å². The third kappa shape index (κ3) is 4.81. The third-order valence-electron chi connectivity index (χ3n) is 5.67. The second-order valence-electron chi connectivity index (χ2n) is 9.34. The van der Waals surface area contributed by atoms with Crippen molar-refractivity contribution < 1.29 is 22.3 Å². The molecule has 7 nitrogen and oxygen atoms in total. The Kier molecular flexibility index (Phi) is 6.28. The summed E-state index contributed by atoms with van der Waals surface area (Å²) in [4.78, 5) is 14.6. The first kappa shape index (κ1) is 23.4. The van der Waals surface area contributed by atoms with Gasteiger partial charge in [-0.1, -0.05) is 12.1 Å². The zero-order valence-corrected chi connectivity index (χ0v) is 20.3. The molecule has 1 saturated carbocycles. The summed E-state index contributed by atoms with van der Waals surface area (Å²) in [6.45, 7) is 5.72. The van der Waals surface area contributed by atoms with E-state index in [9.17, 15) is 17.6 Å². The van der Waals surface area contributed by atoms with Crippen LogP contribution in [-0.4, -0.2) is 62.0 Å². The molecule has 1 amide bonds. The number of amides is 1. The lowest BCUT2D eigenvalue weighted by Crippen LogP contribution is -2.52. The second kappa shape index (κ2) is 8.03. The van der Waals surface area contributed by atoms with Crippen molar-refractivity contribution in [1.29, 1.82) is 0 Å². The fraction of sp³-hybridized carbons (Fsp3) is 0.650. The average Bonchev–Trinajstić information content (AvgIpc) is 3.32. The minimum absolute atomic E-state index is 0.173. The number of carbonyl (C=O) groups excluding carboxylic acids is 1. The van der Waals surface area contributed by atoms with E-state index in [4.69, 9.17) is 4.74 Å². The minimum Gasteiger partial charge on any atom is -0.444 e. The van der Waals surface area contributed by atoms with Gasteiger partial charge in [0.25, 0.3) is 10.2 Å². The van der Waals surface area contributed by atoms with Crippen LogP contribution in [0, 0.1) is 11.2 Å². The Hall–Kier alpha value is -1.23. The van der Waals surface area contributed by atoms with Gasteiger partial charge in [0.05, 0.1) is 16.6 Å². The monoisotopic (exact) mass is 505 g/mol. The van der Waals surface area contributed by atoms with Crippen LogP contribution in [0.4, 0.5) is 9.18 Å². The Balaban J connectivity index is 1.98. The maximum Gasteiger partial charge on any atom is 0.410 e. The van der Waals surface area contributed by atoms with E-state index in [-0.39, 0.29) is 11.8 Å². The Morgan fingerprint density at radius 1 is 1.37 bits per heavy atom. The molecule has 1 spiro atoms. The van der Waals surface area contributed by atoms with E-state index in [2.05, 4.69) is 20.7 Å². The van der Waals surface area contributed by atoms with E-state index in [0.717, 1.165) is 17.1 Å². The van der Waals surface area contributed by atoms with Crippen LogP contribution >= 0.6 is 15.9 Å². The summed E-state index contributed by atoms with van der Waals surface area (Å²) < 4.78 is 49.8. The number of hydrogen-bond acceptors (Lipinski definition) is 4. The van der Waals surface area contributed by atoms with Gasteiger partial charge in [-0.25, -0.2) is 9.18 Å². The molecule has 1 heterocycles. The molecule has 3 rings (SSSR count). The molecule has 1 saturated heterocycles. The normalized spacial score (nSPS) is 23.3. The molecule has 2 aliphatic rings. The number of halogens is 2. The van der Waals surface area contributed by atoms with Gasteiger partial charge in [0.1, 0.15) is 11.4 Å². The van der Waals surface area contributed by atoms with Crippen molar-refractivity contribution in [3.63, 3.8) is 0 Å². The molecule has 2 fully saturated rings. The van der Waals surface area contributed by atoms with E-state index in [1.165, 1.54) is 14.1 Å².